The van der Waals surface area contributed by atoms with Crippen LogP contribution in [0.15, 0.2) is 27.1 Å². The molecule has 5 heteroatoms. The second kappa shape index (κ2) is 6.48. The first-order valence-electron chi connectivity index (χ1n) is 4.30. The minimum Gasteiger partial charge on any atom is -0.487 e. The first-order chi connectivity index (χ1) is 7.17. The lowest BCUT2D eigenvalue weighted by Gasteiger charge is -2.15. The number of hydrogen-bond acceptors (Lipinski definition) is 3. The van der Waals surface area contributed by atoms with Crippen molar-refractivity contribution in [1.82, 2.24) is 0 Å². The second-order valence-electron chi connectivity index (χ2n) is 2.79. The van der Waals surface area contributed by atoms with E-state index in [1.54, 1.807) is 14.2 Å². The summed E-state index contributed by atoms with van der Waals surface area (Å²) in [5, 5.41) is 0. The van der Waals surface area contributed by atoms with Crippen LogP contribution < -0.4 is 4.74 Å². The van der Waals surface area contributed by atoms with E-state index >= 15 is 0 Å². The maximum absolute atomic E-state index is 5.53. The van der Waals surface area contributed by atoms with Crippen molar-refractivity contribution in [2.75, 3.05) is 20.8 Å². The van der Waals surface area contributed by atoms with Crippen molar-refractivity contribution in [3.63, 3.8) is 0 Å². The van der Waals surface area contributed by atoms with E-state index in [0.717, 1.165) is 14.7 Å². The predicted octanol–water partition coefficient (Wildman–Crippen LogP) is 3.21. The second-order valence-corrected chi connectivity index (χ2v) is 4.56. The average Bonchev–Trinajstić information content (AvgIpc) is 2.24. The van der Waals surface area contributed by atoms with E-state index in [2.05, 4.69) is 31.9 Å². The molecule has 0 aliphatic heterocycles. The highest BCUT2D eigenvalue weighted by Gasteiger charge is 2.08. The Bertz CT molecular complexity index is 314. The zero-order chi connectivity index (χ0) is 11.3. The molecule has 0 atom stereocenters. The van der Waals surface area contributed by atoms with Gasteiger partial charge in [0, 0.05) is 18.7 Å². The Morgan fingerprint density at radius 1 is 1.20 bits per heavy atom. The molecule has 1 aromatic rings. The Morgan fingerprint density at radius 2 is 1.87 bits per heavy atom. The molecular weight excluding hydrogens is 328 g/mol. The quantitative estimate of drug-likeness (QED) is 0.771. The highest BCUT2D eigenvalue weighted by molar-refractivity contribution is 9.11. The number of methoxy groups -OCH3 is 2. The van der Waals surface area contributed by atoms with Crippen molar-refractivity contribution in [2.24, 2.45) is 0 Å². The molecule has 0 saturated heterocycles. The Kier molecular flexibility index (Phi) is 5.60. The molecule has 1 aromatic carbocycles. The smallest absolute Gasteiger partial charge is 0.191 e. The number of benzene rings is 1. The molecule has 3 nitrogen and oxygen atoms in total. The fourth-order valence-corrected chi connectivity index (χ4v) is 1.68. The lowest BCUT2D eigenvalue weighted by Crippen LogP contribution is -2.22. The molecule has 0 bridgehead atoms. The summed E-state index contributed by atoms with van der Waals surface area (Å²) in [6, 6.07) is 5.72. The van der Waals surface area contributed by atoms with Crippen LogP contribution in [-0.4, -0.2) is 27.1 Å². The highest BCUT2D eigenvalue weighted by Crippen LogP contribution is 2.28. The van der Waals surface area contributed by atoms with E-state index < -0.39 is 0 Å². The van der Waals surface area contributed by atoms with Crippen LogP contribution in [0.25, 0.3) is 0 Å². The summed E-state index contributed by atoms with van der Waals surface area (Å²) in [7, 11) is 3.15. The van der Waals surface area contributed by atoms with Gasteiger partial charge in [-0.1, -0.05) is 15.9 Å². The lowest BCUT2D eigenvalue weighted by atomic mass is 10.3. The third-order valence-electron chi connectivity index (χ3n) is 1.79. The number of hydrogen-bond donors (Lipinski definition) is 0. The molecular formula is C10H12Br2O3. The van der Waals surface area contributed by atoms with Crippen molar-refractivity contribution in [3.05, 3.63) is 27.1 Å². The van der Waals surface area contributed by atoms with Gasteiger partial charge in [0.25, 0.3) is 0 Å². The third-order valence-corrected chi connectivity index (χ3v) is 2.94. The molecule has 0 amide bonds. The van der Waals surface area contributed by atoms with Crippen molar-refractivity contribution in [2.45, 2.75) is 6.29 Å². The summed E-state index contributed by atoms with van der Waals surface area (Å²) in [6.45, 7) is 0.349. The van der Waals surface area contributed by atoms with Crippen LogP contribution in [0.4, 0.5) is 0 Å². The SMILES string of the molecule is COC(COc1cc(Br)ccc1Br)OC. The monoisotopic (exact) mass is 338 g/mol. The minimum atomic E-state index is -0.351. The number of halogens is 2. The molecule has 0 spiro atoms. The van der Waals surface area contributed by atoms with E-state index in [1.165, 1.54) is 0 Å². The van der Waals surface area contributed by atoms with Gasteiger partial charge in [0.15, 0.2) is 6.29 Å². The molecule has 0 fully saturated rings. The zero-order valence-corrected chi connectivity index (χ0v) is 11.7. The molecule has 0 aromatic heterocycles. The van der Waals surface area contributed by atoms with E-state index in [-0.39, 0.29) is 6.29 Å². The van der Waals surface area contributed by atoms with Gasteiger partial charge >= 0.3 is 0 Å². The molecule has 0 saturated carbocycles. The van der Waals surface area contributed by atoms with Crippen molar-refractivity contribution < 1.29 is 14.2 Å². The normalized spacial score (nSPS) is 10.7. The summed E-state index contributed by atoms with van der Waals surface area (Å²) < 4.78 is 17.4. The van der Waals surface area contributed by atoms with Gasteiger partial charge in [-0.25, -0.2) is 0 Å². The van der Waals surface area contributed by atoms with Crippen LogP contribution in [0.5, 0.6) is 5.75 Å². The first kappa shape index (κ1) is 13.0. The van der Waals surface area contributed by atoms with Gasteiger partial charge in [-0.15, -0.1) is 0 Å². The summed E-state index contributed by atoms with van der Waals surface area (Å²) in [6.07, 6.45) is -0.351. The van der Waals surface area contributed by atoms with Crippen LogP contribution >= 0.6 is 31.9 Å². The molecule has 0 unspecified atom stereocenters. The molecule has 15 heavy (non-hydrogen) atoms. The van der Waals surface area contributed by atoms with E-state index in [1.807, 2.05) is 18.2 Å². The topological polar surface area (TPSA) is 27.7 Å². The van der Waals surface area contributed by atoms with Crippen molar-refractivity contribution >= 4 is 31.9 Å². The fourth-order valence-electron chi connectivity index (χ4n) is 0.978. The van der Waals surface area contributed by atoms with Crippen LogP contribution in [0.1, 0.15) is 0 Å². The largest absolute Gasteiger partial charge is 0.487 e. The van der Waals surface area contributed by atoms with Crippen LogP contribution in [0.3, 0.4) is 0 Å². The minimum absolute atomic E-state index is 0.349. The third kappa shape index (κ3) is 4.10. The van der Waals surface area contributed by atoms with Crippen molar-refractivity contribution in [1.29, 1.82) is 0 Å². The maximum atomic E-state index is 5.53. The molecule has 1 rings (SSSR count). The molecule has 0 N–H and O–H groups in total. The maximum Gasteiger partial charge on any atom is 0.191 e. The summed E-state index contributed by atoms with van der Waals surface area (Å²) in [5.74, 6) is 0.753. The van der Waals surface area contributed by atoms with Gasteiger partial charge in [-0.2, -0.15) is 0 Å². The van der Waals surface area contributed by atoms with Gasteiger partial charge in [-0.05, 0) is 34.1 Å². The van der Waals surface area contributed by atoms with Crippen LogP contribution in [0, 0.1) is 0 Å². The molecule has 84 valence electrons. The predicted molar refractivity (Wildman–Crippen MR) is 65.1 cm³/mol. The zero-order valence-electron chi connectivity index (χ0n) is 8.50. The number of ether oxygens (including phenoxy) is 3. The number of rotatable bonds is 5. The van der Waals surface area contributed by atoms with Crippen LogP contribution in [-0.2, 0) is 9.47 Å². The van der Waals surface area contributed by atoms with E-state index in [9.17, 15) is 0 Å². The lowest BCUT2D eigenvalue weighted by molar-refractivity contribution is -0.122. The summed E-state index contributed by atoms with van der Waals surface area (Å²) in [5.41, 5.74) is 0. The molecule has 0 heterocycles. The standard InChI is InChI=1S/C10H12Br2O3/c1-13-10(14-2)6-15-9-5-7(11)3-4-8(9)12/h3-5,10H,6H2,1-2H3. The van der Waals surface area contributed by atoms with E-state index in [4.69, 9.17) is 14.2 Å². The molecule has 0 aliphatic rings. The van der Waals surface area contributed by atoms with Gasteiger partial charge < -0.3 is 14.2 Å². The van der Waals surface area contributed by atoms with Crippen LogP contribution in [0.2, 0.25) is 0 Å². The Hall–Kier alpha value is -0.100. The highest BCUT2D eigenvalue weighted by atomic mass is 79.9. The fraction of sp³-hybridized carbons (Fsp3) is 0.400. The van der Waals surface area contributed by atoms with Gasteiger partial charge in [0.2, 0.25) is 0 Å². The van der Waals surface area contributed by atoms with Gasteiger partial charge in [-0.3, -0.25) is 0 Å². The molecule has 0 aliphatic carbocycles. The van der Waals surface area contributed by atoms with E-state index in [0.29, 0.717) is 6.61 Å². The average molecular weight is 340 g/mol. The van der Waals surface area contributed by atoms with Gasteiger partial charge in [0.1, 0.15) is 12.4 Å². The Balaban J connectivity index is 2.60. The Labute approximate surface area is 106 Å². The Morgan fingerprint density at radius 3 is 2.47 bits per heavy atom. The first-order valence-corrected chi connectivity index (χ1v) is 5.89. The van der Waals surface area contributed by atoms with Crippen molar-refractivity contribution in [3.8, 4) is 5.75 Å². The van der Waals surface area contributed by atoms with Gasteiger partial charge in [0.05, 0.1) is 4.47 Å². The summed E-state index contributed by atoms with van der Waals surface area (Å²) in [4.78, 5) is 0. The summed E-state index contributed by atoms with van der Waals surface area (Å²) >= 11 is 6.77. The molecule has 0 radical (unpaired) electrons.